The van der Waals surface area contributed by atoms with Crippen molar-refractivity contribution < 1.29 is 0 Å². The van der Waals surface area contributed by atoms with Gasteiger partial charge in [0.25, 0.3) is 0 Å². The fourth-order valence-corrected chi connectivity index (χ4v) is 24.9. The summed E-state index contributed by atoms with van der Waals surface area (Å²) in [6.45, 7) is 22.0. The molecule has 1 heterocycles. The van der Waals surface area contributed by atoms with E-state index >= 15 is 0 Å². The van der Waals surface area contributed by atoms with E-state index in [1.807, 2.05) is 5.29 Å². The molecule has 3 heteroatoms. The molecule has 0 N–H and O–H groups in total. The molecule has 1 atom stereocenters. The number of hydrogen-bond donors (Lipinski definition) is 0. The maximum atomic E-state index is 2.65. The zero-order valence-electron chi connectivity index (χ0n) is 16.4. The van der Waals surface area contributed by atoms with E-state index in [2.05, 4.69) is 77.1 Å². The van der Waals surface area contributed by atoms with Gasteiger partial charge in [0, 0.05) is 0 Å². The second kappa shape index (κ2) is 5.60. The van der Waals surface area contributed by atoms with Crippen molar-refractivity contribution in [1.29, 1.82) is 0 Å². The summed E-state index contributed by atoms with van der Waals surface area (Å²) < 4.78 is 0.449. The van der Waals surface area contributed by atoms with Crippen LogP contribution in [0.15, 0.2) is 0 Å². The van der Waals surface area contributed by atoms with Crippen molar-refractivity contribution in [2.75, 3.05) is 0 Å². The van der Waals surface area contributed by atoms with Gasteiger partial charge in [0.05, 0.1) is 0 Å². The summed E-state index contributed by atoms with van der Waals surface area (Å²) in [6.07, 6.45) is 0. The van der Waals surface area contributed by atoms with E-state index in [0.717, 1.165) is 0 Å². The quantitative estimate of drug-likeness (QED) is 0.310. The summed E-state index contributed by atoms with van der Waals surface area (Å²) >= 11 is -2.22. The van der Waals surface area contributed by atoms with Crippen molar-refractivity contribution in [3.63, 3.8) is 0 Å². The molecule has 0 aromatic heterocycles. The Hall–Kier alpha value is 1.14. The van der Waals surface area contributed by atoms with Crippen LogP contribution in [0.3, 0.4) is 0 Å². The van der Waals surface area contributed by atoms with Gasteiger partial charge in [-0.2, -0.15) is 0 Å². The molecule has 0 saturated heterocycles. The molecule has 0 aromatic carbocycles. The summed E-state index contributed by atoms with van der Waals surface area (Å²) in [6, 6.07) is 0. The molecule has 21 heavy (non-hydrogen) atoms. The van der Waals surface area contributed by atoms with Crippen LogP contribution in [-0.4, -0.2) is 31.9 Å². The first-order chi connectivity index (χ1) is 8.94. The van der Waals surface area contributed by atoms with Crippen LogP contribution in [0.5, 0.6) is 0 Å². The second-order valence-corrected chi connectivity index (χ2v) is 29.6. The van der Waals surface area contributed by atoms with E-state index in [0.29, 0.717) is 19.4 Å². The monoisotopic (exact) mass is 434 g/mol. The zero-order valence-corrected chi connectivity index (χ0v) is 21.0. The van der Waals surface area contributed by atoms with E-state index in [1.54, 1.807) is 21.4 Å². The van der Waals surface area contributed by atoms with Crippen LogP contribution in [0, 0.1) is 16.2 Å². The summed E-state index contributed by atoms with van der Waals surface area (Å²) in [4.78, 5) is 7.96. The van der Waals surface area contributed by atoms with Gasteiger partial charge in [-0.15, -0.1) is 0 Å². The van der Waals surface area contributed by atoms with Crippen molar-refractivity contribution in [3.05, 3.63) is 0 Å². The third-order valence-electron chi connectivity index (χ3n) is 4.39. The average molecular weight is 433 g/mol. The van der Waals surface area contributed by atoms with Gasteiger partial charge >= 0.3 is 142 Å². The van der Waals surface area contributed by atoms with E-state index in [4.69, 9.17) is 0 Å². The van der Waals surface area contributed by atoms with Gasteiger partial charge in [0.1, 0.15) is 0 Å². The van der Waals surface area contributed by atoms with Crippen LogP contribution in [0.4, 0.5) is 0 Å². The molecule has 122 valence electrons. The molecule has 0 bridgehead atoms. The predicted octanol–water partition coefficient (Wildman–Crippen LogP) is 6.95. The molecule has 1 aliphatic rings. The fourth-order valence-electron chi connectivity index (χ4n) is 3.64. The topological polar surface area (TPSA) is 0 Å². The third kappa shape index (κ3) is 3.64. The first kappa shape index (κ1) is 20.2. The molecule has 1 aliphatic heterocycles. The van der Waals surface area contributed by atoms with Gasteiger partial charge in [-0.25, -0.2) is 0 Å². The summed E-state index contributed by atoms with van der Waals surface area (Å²) in [5, 5.41) is 3.58. The van der Waals surface area contributed by atoms with Gasteiger partial charge in [0.15, 0.2) is 0 Å². The van der Waals surface area contributed by atoms with Gasteiger partial charge in [-0.1, -0.05) is 0 Å². The van der Waals surface area contributed by atoms with Crippen LogP contribution in [0.25, 0.3) is 0 Å². The van der Waals surface area contributed by atoms with Crippen LogP contribution in [0.2, 0.25) is 14.8 Å². The second-order valence-electron chi connectivity index (χ2n) is 10.6. The predicted molar refractivity (Wildman–Crippen MR) is 108 cm³/mol. The first-order valence-corrected chi connectivity index (χ1v) is 19.9. The molecule has 0 amide bonds. The molecule has 1 rings (SSSR count). The van der Waals surface area contributed by atoms with Crippen LogP contribution >= 0.6 is 16.4 Å². The van der Waals surface area contributed by atoms with Gasteiger partial charge in [-0.05, 0) is 0 Å². The molecular formula is C18H36P2Sn. The Bertz CT molecular complexity index is 457. The Morgan fingerprint density at radius 2 is 1.19 bits per heavy atom. The Morgan fingerprint density at radius 1 is 0.762 bits per heavy atom. The van der Waals surface area contributed by atoms with E-state index in [9.17, 15) is 0 Å². The van der Waals surface area contributed by atoms with Gasteiger partial charge < -0.3 is 0 Å². The molecule has 0 spiro atoms. The van der Waals surface area contributed by atoms with E-state index in [1.165, 1.54) is 0 Å². The summed E-state index contributed by atoms with van der Waals surface area (Å²) in [5.74, 6) is 0. The number of rotatable bonds is 1. The molecule has 0 radical (unpaired) electrons. The zero-order chi connectivity index (χ0) is 17.1. The fraction of sp³-hybridized carbons (Fsp3) is 0.889. The molecule has 0 unspecified atom stereocenters. The Morgan fingerprint density at radius 3 is 1.38 bits per heavy atom. The van der Waals surface area contributed by atoms with Crippen molar-refractivity contribution >= 4 is 45.1 Å². The van der Waals surface area contributed by atoms with Gasteiger partial charge in [-0.3, -0.25) is 0 Å². The first-order valence-electron chi connectivity index (χ1n) is 8.14. The summed E-state index contributed by atoms with van der Waals surface area (Å²) in [5.41, 5.74) is 0.980. The Labute approximate surface area is 141 Å². The molecular weight excluding hydrogens is 397 g/mol. The van der Waals surface area contributed by atoms with Crippen molar-refractivity contribution in [3.8, 4) is 0 Å². The Balaban J connectivity index is 3.76. The standard InChI is InChI=1S/C15H27P2.3CH3.Sn/c1-13(2,3)10-11(14(4,5)6)17-12(16-10)15(7,8)9;;;;/h1-9H3;3*1H3;. The minimum absolute atomic E-state index is 0.305. The van der Waals surface area contributed by atoms with Gasteiger partial charge in [0.2, 0.25) is 0 Å². The Kier molecular flexibility index (Phi) is 5.38. The van der Waals surface area contributed by atoms with Crippen LogP contribution in [0.1, 0.15) is 62.3 Å². The SMILES string of the molecule is CC(C)(C)C1=P[C@](C(C)(C)C)([Sn]([CH3])([CH3])[CH3])C(C(C)(C)C)=P1. The molecule has 0 nitrogen and oxygen atoms in total. The van der Waals surface area contributed by atoms with E-state index in [-0.39, 0.29) is 0 Å². The van der Waals surface area contributed by atoms with Crippen molar-refractivity contribution in [2.45, 2.75) is 80.3 Å². The molecule has 0 fully saturated rings. The third-order valence-corrected chi connectivity index (χ3v) is 24.5. The average Bonchev–Trinajstić information content (AvgIpc) is 2.53. The maximum absolute atomic E-state index is 2.65. The van der Waals surface area contributed by atoms with E-state index < -0.39 is 18.4 Å². The summed E-state index contributed by atoms with van der Waals surface area (Å²) in [7, 11) is 3.21. The molecule has 0 aliphatic carbocycles. The molecule has 0 saturated carbocycles. The minimum atomic E-state index is -2.22. The normalized spacial score (nSPS) is 26.5. The number of hydrogen-bond acceptors (Lipinski definition) is 0. The van der Waals surface area contributed by atoms with Crippen molar-refractivity contribution in [1.82, 2.24) is 0 Å². The molecule has 0 aromatic rings. The van der Waals surface area contributed by atoms with Crippen LogP contribution in [-0.2, 0) is 0 Å². The van der Waals surface area contributed by atoms with Crippen LogP contribution < -0.4 is 0 Å². The van der Waals surface area contributed by atoms with Crippen molar-refractivity contribution in [2.24, 2.45) is 16.2 Å².